The molecule has 1 unspecified atom stereocenters. The summed E-state index contributed by atoms with van der Waals surface area (Å²) in [6, 6.07) is 11.7. The average Bonchev–Trinajstić information content (AvgIpc) is 2.47. The highest BCUT2D eigenvalue weighted by atomic mass is 16.5. The standard InChI is InChI=1S/C15H20N4O/c1-2-20-13-7-3-5-11(9-13)14(19-17)10-12-6-4-8-18-15(12)16/h3-9,14,19H,2,10,17H2,1H3,(H2,16,18). The van der Waals surface area contributed by atoms with E-state index in [0.29, 0.717) is 18.8 Å². The highest BCUT2D eigenvalue weighted by molar-refractivity contribution is 5.40. The van der Waals surface area contributed by atoms with Crippen LogP contribution in [0.2, 0.25) is 0 Å². The summed E-state index contributed by atoms with van der Waals surface area (Å²) in [6.07, 6.45) is 2.35. The topological polar surface area (TPSA) is 86.2 Å². The number of hydrogen-bond donors (Lipinski definition) is 3. The first-order valence-electron chi connectivity index (χ1n) is 6.62. The highest BCUT2D eigenvalue weighted by Crippen LogP contribution is 2.23. The SMILES string of the molecule is CCOc1cccc(C(Cc2cccnc2N)NN)c1. The Bertz CT molecular complexity index is 559. The van der Waals surface area contributed by atoms with E-state index >= 15 is 0 Å². The summed E-state index contributed by atoms with van der Waals surface area (Å²) >= 11 is 0. The van der Waals surface area contributed by atoms with Gasteiger partial charge in [0, 0.05) is 6.20 Å². The van der Waals surface area contributed by atoms with Gasteiger partial charge in [-0.2, -0.15) is 0 Å². The van der Waals surface area contributed by atoms with Crippen LogP contribution in [0.5, 0.6) is 5.75 Å². The number of hydrogen-bond acceptors (Lipinski definition) is 5. The number of hydrazine groups is 1. The van der Waals surface area contributed by atoms with Crippen LogP contribution in [0.25, 0.3) is 0 Å². The molecular formula is C15H20N4O. The molecule has 0 amide bonds. The number of nitrogen functional groups attached to an aromatic ring is 1. The number of benzene rings is 1. The number of anilines is 1. The Balaban J connectivity index is 2.20. The van der Waals surface area contributed by atoms with E-state index in [-0.39, 0.29) is 6.04 Å². The first-order valence-corrected chi connectivity index (χ1v) is 6.62. The molecule has 106 valence electrons. The minimum atomic E-state index is -0.0399. The fraction of sp³-hybridized carbons (Fsp3) is 0.267. The summed E-state index contributed by atoms with van der Waals surface area (Å²) in [5.41, 5.74) is 10.7. The first-order chi connectivity index (χ1) is 9.74. The second-order valence-electron chi connectivity index (χ2n) is 4.48. The van der Waals surface area contributed by atoms with Gasteiger partial charge in [-0.25, -0.2) is 4.98 Å². The van der Waals surface area contributed by atoms with Crippen LogP contribution in [0.4, 0.5) is 5.82 Å². The molecule has 0 aliphatic carbocycles. The molecule has 0 saturated heterocycles. The Kier molecular flexibility index (Phi) is 4.92. The zero-order chi connectivity index (χ0) is 14.4. The average molecular weight is 272 g/mol. The molecule has 0 aliphatic rings. The Labute approximate surface area is 118 Å². The van der Waals surface area contributed by atoms with E-state index in [1.807, 2.05) is 43.3 Å². The van der Waals surface area contributed by atoms with Gasteiger partial charge in [-0.3, -0.25) is 11.3 Å². The molecule has 0 bridgehead atoms. The molecule has 1 atom stereocenters. The maximum absolute atomic E-state index is 5.87. The largest absolute Gasteiger partial charge is 0.494 e. The van der Waals surface area contributed by atoms with Crippen LogP contribution in [0.15, 0.2) is 42.6 Å². The zero-order valence-electron chi connectivity index (χ0n) is 11.5. The van der Waals surface area contributed by atoms with Crippen molar-refractivity contribution in [3.05, 3.63) is 53.7 Å². The summed E-state index contributed by atoms with van der Waals surface area (Å²) in [7, 11) is 0. The summed E-state index contributed by atoms with van der Waals surface area (Å²) in [5.74, 6) is 7.05. The summed E-state index contributed by atoms with van der Waals surface area (Å²) in [4.78, 5) is 4.09. The number of ether oxygens (including phenoxy) is 1. The number of aromatic nitrogens is 1. The van der Waals surface area contributed by atoms with Crippen LogP contribution in [-0.2, 0) is 6.42 Å². The molecule has 1 aromatic carbocycles. The lowest BCUT2D eigenvalue weighted by molar-refractivity contribution is 0.339. The van der Waals surface area contributed by atoms with Gasteiger partial charge in [0.1, 0.15) is 11.6 Å². The second kappa shape index (κ2) is 6.88. The molecule has 0 fully saturated rings. The lowest BCUT2D eigenvalue weighted by Gasteiger charge is -2.18. The van der Waals surface area contributed by atoms with E-state index in [0.717, 1.165) is 16.9 Å². The van der Waals surface area contributed by atoms with Crippen LogP contribution >= 0.6 is 0 Å². The molecule has 2 aromatic rings. The number of pyridine rings is 1. The van der Waals surface area contributed by atoms with E-state index in [1.54, 1.807) is 6.20 Å². The van der Waals surface area contributed by atoms with Crippen molar-refractivity contribution in [2.45, 2.75) is 19.4 Å². The number of nitrogens with zero attached hydrogens (tertiary/aromatic N) is 1. The fourth-order valence-electron chi connectivity index (χ4n) is 2.10. The lowest BCUT2D eigenvalue weighted by Crippen LogP contribution is -2.29. The molecule has 0 aliphatic heterocycles. The van der Waals surface area contributed by atoms with Crippen molar-refractivity contribution in [2.75, 3.05) is 12.3 Å². The summed E-state index contributed by atoms with van der Waals surface area (Å²) in [5, 5.41) is 0. The van der Waals surface area contributed by atoms with Crippen LogP contribution in [0.3, 0.4) is 0 Å². The maximum atomic E-state index is 5.87. The molecule has 0 radical (unpaired) electrons. The van der Waals surface area contributed by atoms with Gasteiger partial charge in [-0.15, -0.1) is 0 Å². The van der Waals surface area contributed by atoms with E-state index < -0.39 is 0 Å². The molecule has 5 nitrogen and oxygen atoms in total. The van der Waals surface area contributed by atoms with Crippen LogP contribution in [-0.4, -0.2) is 11.6 Å². The predicted molar refractivity (Wildman–Crippen MR) is 80.0 cm³/mol. The monoisotopic (exact) mass is 272 g/mol. The third-order valence-corrected chi connectivity index (χ3v) is 3.12. The number of nitrogens with two attached hydrogens (primary N) is 2. The maximum Gasteiger partial charge on any atom is 0.126 e. The van der Waals surface area contributed by atoms with Crippen molar-refractivity contribution in [2.24, 2.45) is 5.84 Å². The molecular weight excluding hydrogens is 252 g/mol. The van der Waals surface area contributed by atoms with E-state index in [2.05, 4.69) is 10.4 Å². The Morgan fingerprint density at radius 1 is 1.30 bits per heavy atom. The van der Waals surface area contributed by atoms with Crippen LogP contribution < -0.4 is 21.7 Å². The van der Waals surface area contributed by atoms with Crippen molar-refractivity contribution < 1.29 is 4.74 Å². The van der Waals surface area contributed by atoms with Crippen molar-refractivity contribution in [1.82, 2.24) is 10.4 Å². The van der Waals surface area contributed by atoms with Gasteiger partial charge in [0.05, 0.1) is 12.6 Å². The van der Waals surface area contributed by atoms with Crippen LogP contribution in [0.1, 0.15) is 24.1 Å². The molecule has 2 rings (SSSR count). The van der Waals surface area contributed by atoms with Crippen molar-refractivity contribution in [3.63, 3.8) is 0 Å². The van der Waals surface area contributed by atoms with Gasteiger partial charge in [-0.05, 0) is 42.7 Å². The second-order valence-corrected chi connectivity index (χ2v) is 4.48. The molecule has 0 saturated carbocycles. The molecule has 5 N–H and O–H groups in total. The van der Waals surface area contributed by atoms with Crippen molar-refractivity contribution >= 4 is 5.82 Å². The summed E-state index contributed by atoms with van der Waals surface area (Å²) in [6.45, 7) is 2.60. The third kappa shape index (κ3) is 3.46. The van der Waals surface area contributed by atoms with E-state index in [9.17, 15) is 0 Å². The van der Waals surface area contributed by atoms with E-state index in [4.69, 9.17) is 16.3 Å². The Morgan fingerprint density at radius 2 is 2.15 bits per heavy atom. The summed E-state index contributed by atoms with van der Waals surface area (Å²) < 4.78 is 5.51. The first kappa shape index (κ1) is 14.3. The zero-order valence-corrected chi connectivity index (χ0v) is 11.5. The predicted octanol–water partition coefficient (Wildman–Crippen LogP) is 1.81. The number of rotatable bonds is 6. The normalized spacial score (nSPS) is 12.1. The minimum Gasteiger partial charge on any atom is -0.494 e. The quantitative estimate of drug-likeness (QED) is 0.551. The van der Waals surface area contributed by atoms with Gasteiger partial charge in [0.15, 0.2) is 0 Å². The molecule has 0 spiro atoms. The van der Waals surface area contributed by atoms with Crippen molar-refractivity contribution in [3.8, 4) is 5.75 Å². The van der Waals surface area contributed by atoms with Gasteiger partial charge < -0.3 is 10.5 Å². The Morgan fingerprint density at radius 3 is 2.85 bits per heavy atom. The molecule has 20 heavy (non-hydrogen) atoms. The smallest absolute Gasteiger partial charge is 0.126 e. The fourth-order valence-corrected chi connectivity index (χ4v) is 2.10. The number of nitrogens with one attached hydrogen (secondary N) is 1. The van der Waals surface area contributed by atoms with Gasteiger partial charge in [-0.1, -0.05) is 18.2 Å². The van der Waals surface area contributed by atoms with Gasteiger partial charge >= 0.3 is 0 Å². The third-order valence-electron chi connectivity index (χ3n) is 3.12. The molecule has 5 heteroatoms. The minimum absolute atomic E-state index is 0.0399. The van der Waals surface area contributed by atoms with Gasteiger partial charge in [0.25, 0.3) is 0 Å². The van der Waals surface area contributed by atoms with Crippen molar-refractivity contribution in [1.29, 1.82) is 0 Å². The Hall–Kier alpha value is -2.11. The lowest BCUT2D eigenvalue weighted by atomic mass is 9.99. The van der Waals surface area contributed by atoms with Crippen LogP contribution in [0, 0.1) is 0 Å². The van der Waals surface area contributed by atoms with E-state index in [1.165, 1.54) is 0 Å². The highest BCUT2D eigenvalue weighted by Gasteiger charge is 2.13. The molecule has 1 heterocycles. The molecule has 1 aromatic heterocycles. The van der Waals surface area contributed by atoms with Gasteiger partial charge in [0.2, 0.25) is 0 Å².